The number of rotatable bonds is 8. The van der Waals surface area contributed by atoms with Gasteiger partial charge in [-0.05, 0) is 37.6 Å². The van der Waals surface area contributed by atoms with Crippen LogP contribution >= 0.6 is 11.6 Å². The second kappa shape index (κ2) is 8.67. The average molecular weight is 421 g/mol. The molecule has 0 radical (unpaired) electrons. The highest BCUT2D eigenvalue weighted by molar-refractivity contribution is 7.90. The monoisotopic (exact) mass is 420 g/mol. The number of aromatic nitrogens is 2. The minimum Gasteiger partial charge on any atom is -0.490 e. The van der Waals surface area contributed by atoms with Gasteiger partial charge in [-0.15, -0.1) is 0 Å². The molecule has 0 fully saturated rings. The molecule has 28 heavy (non-hydrogen) atoms. The Morgan fingerprint density at radius 3 is 2.54 bits per heavy atom. The zero-order valence-electron chi connectivity index (χ0n) is 15.6. The Bertz CT molecular complexity index is 1050. The first kappa shape index (κ1) is 20.2. The lowest BCUT2D eigenvalue weighted by molar-refractivity contribution is 0.277. The van der Waals surface area contributed by atoms with E-state index in [1.165, 1.54) is 12.4 Å². The first-order chi connectivity index (χ1) is 13.5. The molecule has 6 nitrogen and oxygen atoms in total. The van der Waals surface area contributed by atoms with Crippen LogP contribution in [-0.4, -0.2) is 30.6 Å². The third-order valence-corrected chi connectivity index (χ3v) is 5.89. The van der Waals surface area contributed by atoms with Crippen molar-refractivity contribution in [2.24, 2.45) is 0 Å². The van der Waals surface area contributed by atoms with Crippen LogP contribution in [0.25, 0.3) is 11.4 Å². The molecule has 0 saturated heterocycles. The van der Waals surface area contributed by atoms with Crippen molar-refractivity contribution in [1.29, 1.82) is 0 Å². The summed E-state index contributed by atoms with van der Waals surface area (Å²) in [6.07, 6.45) is 3.67. The number of halogens is 1. The smallest absolute Gasteiger partial charge is 0.269 e. The molecule has 0 unspecified atom stereocenters. The lowest BCUT2D eigenvalue weighted by Crippen LogP contribution is -2.13. The maximum absolute atomic E-state index is 13.0. The van der Waals surface area contributed by atoms with E-state index >= 15 is 0 Å². The van der Waals surface area contributed by atoms with Crippen LogP contribution in [0.1, 0.15) is 20.3 Å². The van der Waals surface area contributed by atoms with Gasteiger partial charge < -0.3 is 9.47 Å². The standard InChI is InChI=1S/C20H21ClN2O4S/c1-3-12-27-19-17(21)13-15(14-18(19)26-4-2)20-22-10-11-23(20)28(24,25)16-8-6-5-7-9-16/h5-11,13-14H,3-4,12H2,1-2H3. The van der Waals surface area contributed by atoms with E-state index in [0.717, 1.165) is 10.4 Å². The summed E-state index contributed by atoms with van der Waals surface area (Å²) in [4.78, 5) is 4.42. The number of hydrogen-bond acceptors (Lipinski definition) is 5. The van der Waals surface area contributed by atoms with Crippen LogP contribution in [0.4, 0.5) is 0 Å². The number of imidazole rings is 1. The van der Waals surface area contributed by atoms with E-state index in [1.54, 1.807) is 42.5 Å². The van der Waals surface area contributed by atoms with Crippen molar-refractivity contribution in [3.8, 4) is 22.9 Å². The Hall–Kier alpha value is -2.51. The first-order valence-electron chi connectivity index (χ1n) is 8.92. The van der Waals surface area contributed by atoms with Crippen molar-refractivity contribution in [3.05, 3.63) is 59.9 Å². The van der Waals surface area contributed by atoms with Crippen LogP contribution in [0.15, 0.2) is 59.8 Å². The molecule has 2 aromatic carbocycles. The van der Waals surface area contributed by atoms with Crippen LogP contribution in [0.2, 0.25) is 5.02 Å². The van der Waals surface area contributed by atoms with Gasteiger partial charge in [0.15, 0.2) is 17.3 Å². The first-order valence-corrected chi connectivity index (χ1v) is 10.7. The van der Waals surface area contributed by atoms with Gasteiger partial charge in [0.1, 0.15) is 0 Å². The van der Waals surface area contributed by atoms with E-state index in [0.29, 0.717) is 35.3 Å². The highest BCUT2D eigenvalue weighted by Crippen LogP contribution is 2.40. The van der Waals surface area contributed by atoms with Crippen molar-refractivity contribution >= 4 is 21.6 Å². The van der Waals surface area contributed by atoms with Gasteiger partial charge in [0.05, 0.1) is 23.1 Å². The fourth-order valence-corrected chi connectivity index (χ4v) is 4.29. The number of ether oxygens (including phenoxy) is 2. The van der Waals surface area contributed by atoms with Gasteiger partial charge in [-0.25, -0.2) is 17.4 Å². The molecule has 1 heterocycles. The SMILES string of the molecule is CCCOc1c(Cl)cc(-c2nccn2S(=O)(=O)c2ccccc2)cc1OCC. The number of hydrogen-bond donors (Lipinski definition) is 0. The quantitative estimate of drug-likeness (QED) is 0.531. The summed E-state index contributed by atoms with van der Waals surface area (Å²) in [7, 11) is -3.80. The lowest BCUT2D eigenvalue weighted by Gasteiger charge is -2.15. The van der Waals surface area contributed by atoms with Crippen molar-refractivity contribution in [2.75, 3.05) is 13.2 Å². The van der Waals surface area contributed by atoms with Gasteiger partial charge >= 0.3 is 0 Å². The highest BCUT2D eigenvalue weighted by atomic mass is 35.5. The molecule has 0 aliphatic rings. The minimum atomic E-state index is -3.80. The molecular formula is C20H21ClN2O4S. The van der Waals surface area contributed by atoms with Gasteiger partial charge in [-0.1, -0.05) is 36.7 Å². The van der Waals surface area contributed by atoms with Gasteiger partial charge in [0, 0.05) is 18.0 Å². The zero-order chi connectivity index (χ0) is 20.1. The summed E-state index contributed by atoms with van der Waals surface area (Å²) < 4.78 is 38.6. The summed E-state index contributed by atoms with van der Waals surface area (Å²) in [5, 5.41) is 0.334. The van der Waals surface area contributed by atoms with Crippen molar-refractivity contribution < 1.29 is 17.9 Å². The van der Waals surface area contributed by atoms with Crippen molar-refractivity contribution in [3.63, 3.8) is 0 Å². The number of nitrogens with zero attached hydrogens (tertiary/aromatic N) is 2. The van der Waals surface area contributed by atoms with Crippen molar-refractivity contribution in [2.45, 2.75) is 25.2 Å². The second-order valence-electron chi connectivity index (χ2n) is 5.93. The van der Waals surface area contributed by atoms with Crippen LogP contribution < -0.4 is 9.47 Å². The van der Waals surface area contributed by atoms with Crippen molar-refractivity contribution in [1.82, 2.24) is 8.96 Å². The van der Waals surface area contributed by atoms with E-state index in [1.807, 2.05) is 13.8 Å². The van der Waals surface area contributed by atoms with E-state index < -0.39 is 10.0 Å². The molecule has 0 N–H and O–H groups in total. The third kappa shape index (κ3) is 4.00. The summed E-state index contributed by atoms with van der Waals surface area (Å²) in [5.74, 6) is 1.14. The maximum atomic E-state index is 13.0. The Morgan fingerprint density at radius 2 is 1.86 bits per heavy atom. The molecular weight excluding hydrogens is 400 g/mol. The molecule has 148 valence electrons. The maximum Gasteiger partial charge on any atom is 0.269 e. The van der Waals surface area contributed by atoms with E-state index in [4.69, 9.17) is 21.1 Å². The number of benzene rings is 2. The zero-order valence-corrected chi connectivity index (χ0v) is 17.2. The topological polar surface area (TPSA) is 70.4 Å². The van der Waals surface area contributed by atoms with E-state index in [-0.39, 0.29) is 10.7 Å². The molecule has 0 atom stereocenters. The summed E-state index contributed by atoms with van der Waals surface area (Å²) >= 11 is 6.42. The molecule has 0 bridgehead atoms. The normalized spacial score (nSPS) is 11.4. The Balaban J connectivity index is 2.10. The molecule has 8 heteroatoms. The predicted molar refractivity (Wildman–Crippen MR) is 109 cm³/mol. The molecule has 0 spiro atoms. The summed E-state index contributed by atoms with van der Waals surface area (Å²) in [6.45, 7) is 4.76. The summed E-state index contributed by atoms with van der Waals surface area (Å²) in [5.41, 5.74) is 0.516. The highest BCUT2D eigenvalue weighted by Gasteiger charge is 2.23. The average Bonchev–Trinajstić information content (AvgIpc) is 3.19. The van der Waals surface area contributed by atoms with Gasteiger partial charge in [-0.3, -0.25) is 0 Å². The molecule has 0 aliphatic carbocycles. The van der Waals surface area contributed by atoms with Crippen LogP contribution in [0.3, 0.4) is 0 Å². The van der Waals surface area contributed by atoms with Crippen LogP contribution in [0.5, 0.6) is 11.5 Å². The fraction of sp³-hybridized carbons (Fsp3) is 0.250. The van der Waals surface area contributed by atoms with Gasteiger partial charge in [0.2, 0.25) is 0 Å². The van der Waals surface area contributed by atoms with Gasteiger partial charge in [-0.2, -0.15) is 0 Å². The lowest BCUT2D eigenvalue weighted by atomic mass is 10.2. The predicted octanol–water partition coefficient (Wildman–Crippen LogP) is 4.63. The Morgan fingerprint density at radius 1 is 1.11 bits per heavy atom. The minimum absolute atomic E-state index is 0.174. The molecule has 0 aliphatic heterocycles. The molecule has 1 aromatic heterocycles. The van der Waals surface area contributed by atoms with Crippen LogP contribution in [0, 0.1) is 0 Å². The molecule has 3 aromatic rings. The Kier molecular flexibility index (Phi) is 6.26. The van der Waals surface area contributed by atoms with Crippen LogP contribution in [-0.2, 0) is 10.0 Å². The third-order valence-electron chi connectivity index (χ3n) is 3.93. The van der Waals surface area contributed by atoms with E-state index in [2.05, 4.69) is 4.98 Å². The summed E-state index contributed by atoms with van der Waals surface area (Å²) in [6, 6.07) is 11.5. The second-order valence-corrected chi connectivity index (χ2v) is 8.15. The molecule has 0 saturated carbocycles. The molecule has 3 rings (SSSR count). The Labute approximate surface area is 169 Å². The molecule has 0 amide bonds. The largest absolute Gasteiger partial charge is 0.490 e. The van der Waals surface area contributed by atoms with Gasteiger partial charge in [0.25, 0.3) is 10.0 Å². The fourth-order valence-electron chi connectivity index (χ4n) is 2.70. The van der Waals surface area contributed by atoms with E-state index in [9.17, 15) is 8.42 Å².